The molecule has 4 aromatic rings. The number of nitrogens with one attached hydrogen (secondary N) is 1. The van der Waals surface area contributed by atoms with Crippen LogP contribution in [-0.2, 0) is 14.0 Å². The summed E-state index contributed by atoms with van der Waals surface area (Å²) >= 11 is 6.25. The molecule has 1 aliphatic heterocycles. The van der Waals surface area contributed by atoms with Crippen molar-refractivity contribution in [3.05, 3.63) is 77.7 Å². The topological polar surface area (TPSA) is 137 Å². The molecule has 2 aliphatic rings. The molecule has 0 spiro atoms. The van der Waals surface area contributed by atoms with Crippen molar-refractivity contribution in [3.63, 3.8) is 0 Å². The number of rotatable bonds is 11. The van der Waals surface area contributed by atoms with Crippen LogP contribution in [0.4, 0.5) is 14.6 Å². The van der Waals surface area contributed by atoms with E-state index >= 15 is 0 Å². The maximum Gasteiger partial charge on any atom is 0.456 e. The van der Waals surface area contributed by atoms with Crippen LogP contribution in [-0.4, -0.2) is 62.1 Å². The summed E-state index contributed by atoms with van der Waals surface area (Å²) < 4.78 is 64.8. The minimum Gasteiger partial charge on any atom is -0.415 e. The van der Waals surface area contributed by atoms with Gasteiger partial charge in [0.05, 0.1) is 12.0 Å². The van der Waals surface area contributed by atoms with Crippen molar-refractivity contribution >= 4 is 36.0 Å². The summed E-state index contributed by atoms with van der Waals surface area (Å²) in [6.45, 7) is -0.304. The molecule has 6 rings (SSSR count). The van der Waals surface area contributed by atoms with Gasteiger partial charge in [0.1, 0.15) is 52.9 Å². The van der Waals surface area contributed by atoms with Gasteiger partial charge in [-0.05, 0) is 79.0 Å². The van der Waals surface area contributed by atoms with E-state index in [1.165, 1.54) is 24.3 Å². The highest BCUT2D eigenvalue weighted by atomic mass is 35.5. The molecule has 234 valence electrons. The zero-order chi connectivity index (χ0) is 30.8. The van der Waals surface area contributed by atoms with Crippen molar-refractivity contribution in [2.75, 3.05) is 18.3 Å². The second-order valence-electron chi connectivity index (χ2n) is 10.7. The molecular weight excluding hydrogens is 621 g/mol. The van der Waals surface area contributed by atoms with Gasteiger partial charge in [0.2, 0.25) is 5.28 Å². The van der Waals surface area contributed by atoms with Gasteiger partial charge in [0.25, 0.3) is 0 Å². The number of anilines is 1. The molecule has 1 unspecified atom stereocenters. The largest absolute Gasteiger partial charge is 0.456 e. The normalized spacial score (nSPS) is 22.5. The lowest BCUT2D eigenvalue weighted by atomic mass is 10.1. The minimum absolute atomic E-state index is 0.0175. The molecule has 0 bridgehead atoms. The molecule has 1 saturated heterocycles. The molecule has 1 saturated carbocycles. The molecule has 3 N–H and O–H groups in total. The zero-order valence-electron chi connectivity index (χ0n) is 23.3. The molecule has 15 heteroatoms. The number of nitrogens with zero attached hydrogens (tertiary/aromatic N) is 3. The van der Waals surface area contributed by atoms with Crippen molar-refractivity contribution in [1.29, 1.82) is 0 Å². The first-order valence-corrected chi connectivity index (χ1v) is 16.2. The van der Waals surface area contributed by atoms with Gasteiger partial charge in [-0.2, -0.15) is 4.98 Å². The van der Waals surface area contributed by atoms with Crippen LogP contribution in [0.25, 0.3) is 11.0 Å². The van der Waals surface area contributed by atoms with Gasteiger partial charge in [-0.3, -0.25) is 0 Å². The van der Waals surface area contributed by atoms with Crippen molar-refractivity contribution in [2.24, 2.45) is 0 Å². The average Bonchev–Trinajstić information content (AvgIpc) is 3.72. The average molecular weight is 651 g/mol. The Balaban J connectivity index is 1.15. The SMILES string of the molecule is O=P(COCC1O[C@@H](n2ccc3c(NC4CCCC4)nc(Cl)nc32)[C@H](O)[C@@H]1O)(Oc1ccc(F)cc1)Oc1ccc(F)cc1. The molecule has 0 radical (unpaired) electrons. The molecule has 1 aliphatic carbocycles. The Kier molecular flexibility index (Phi) is 9.04. The molecular formula is C29H30ClF2N4O7P. The lowest BCUT2D eigenvalue weighted by Gasteiger charge is -2.21. The van der Waals surface area contributed by atoms with Crippen LogP contribution in [0.5, 0.6) is 11.5 Å². The third-order valence-electron chi connectivity index (χ3n) is 7.50. The van der Waals surface area contributed by atoms with E-state index in [0.717, 1.165) is 49.9 Å². The number of aromatic nitrogens is 3. The molecule has 2 aromatic carbocycles. The van der Waals surface area contributed by atoms with Crippen LogP contribution in [0.2, 0.25) is 5.28 Å². The molecule has 3 heterocycles. The highest BCUT2D eigenvalue weighted by Crippen LogP contribution is 2.49. The number of hydrogen-bond donors (Lipinski definition) is 3. The number of halogens is 3. The Bertz CT molecular complexity index is 1590. The monoisotopic (exact) mass is 650 g/mol. The minimum atomic E-state index is -4.12. The fourth-order valence-electron chi connectivity index (χ4n) is 5.35. The van der Waals surface area contributed by atoms with Crippen LogP contribution in [0.3, 0.4) is 0 Å². The van der Waals surface area contributed by atoms with E-state index in [2.05, 4.69) is 15.3 Å². The Labute approximate surface area is 256 Å². The molecule has 11 nitrogen and oxygen atoms in total. The zero-order valence-corrected chi connectivity index (χ0v) is 24.9. The number of benzene rings is 2. The molecule has 2 aromatic heterocycles. The standard InChI is InChI=1S/C29H30ClF2N4O7P/c30-29-34-26(33-19-3-1-2-4-19)22-13-14-36(27(22)35-29)28-25(38)24(37)23(41-28)15-40-16-44(39,42-20-9-5-17(31)6-10-20)43-21-11-7-18(32)8-12-21/h5-14,19,23-25,28,37-38H,1-4,15-16H2,(H,33,34,35)/t23?,24-,25-,28-/m1/s1. The predicted octanol–water partition coefficient (Wildman–Crippen LogP) is 5.66. The number of ether oxygens (including phenoxy) is 2. The third kappa shape index (κ3) is 6.83. The summed E-state index contributed by atoms with van der Waals surface area (Å²) in [7, 11) is -4.12. The Morgan fingerprint density at radius 2 is 1.57 bits per heavy atom. The Morgan fingerprint density at radius 3 is 2.18 bits per heavy atom. The van der Waals surface area contributed by atoms with Crippen LogP contribution >= 0.6 is 19.2 Å². The Hall–Kier alpha value is -3.32. The fraction of sp³-hybridized carbons (Fsp3) is 0.379. The van der Waals surface area contributed by atoms with Gasteiger partial charge < -0.3 is 38.6 Å². The van der Waals surface area contributed by atoms with E-state index in [4.69, 9.17) is 30.1 Å². The van der Waals surface area contributed by atoms with E-state index in [9.17, 15) is 23.6 Å². The number of hydrogen-bond acceptors (Lipinski definition) is 10. The van der Waals surface area contributed by atoms with Crippen LogP contribution in [0, 0.1) is 11.6 Å². The van der Waals surface area contributed by atoms with E-state index in [1.807, 2.05) is 0 Å². The third-order valence-corrected chi connectivity index (χ3v) is 9.15. The number of fused-ring (bicyclic) bond motifs is 1. The fourth-order valence-corrected chi connectivity index (χ4v) is 6.87. The molecule has 44 heavy (non-hydrogen) atoms. The smallest absolute Gasteiger partial charge is 0.415 e. The second kappa shape index (κ2) is 13.0. The summed E-state index contributed by atoms with van der Waals surface area (Å²) in [5, 5.41) is 25.9. The second-order valence-corrected chi connectivity index (χ2v) is 12.9. The van der Waals surface area contributed by atoms with Crippen LogP contribution < -0.4 is 14.4 Å². The van der Waals surface area contributed by atoms with E-state index in [1.54, 1.807) is 16.8 Å². The van der Waals surface area contributed by atoms with E-state index in [0.29, 0.717) is 16.9 Å². The van der Waals surface area contributed by atoms with Gasteiger partial charge in [0.15, 0.2) is 12.6 Å². The molecule has 0 amide bonds. The van der Waals surface area contributed by atoms with E-state index < -0.39 is 50.1 Å². The maximum absolute atomic E-state index is 13.7. The van der Waals surface area contributed by atoms with Crippen LogP contribution in [0.15, 0.2) is 60.8 Å². The van der Waals surface area contributed by atoms with Gasteiger partial charge in [-0.25, -0.2) is 18.3 Å². The Morgan fingerprint density at radius 1 is 0.955 bits per heavy atom. The van der Waals surface area contributed by atoms with Crippen molar-refractivity contribution < 1.29 is 42.1 Å². The van der Waals surface area contributed by atoms with Gasteiger partial charge >= 0.3 is 7.60 Å². The summed E-state index contributed by atoms with van der Waals surface area (Å²) in [6.07, 6.45) is 0.564. The number of aliphatic hydroxyl groups excluding tert-OH is 2. The first-order chi connectivity index (χ1) is 21.2. The van der Waals surface area contributed by atoms with Crippen molar-refractivity contribution in [3.8, 4) is 11.5 Å². The first-order valence-electron chi connectivity index (χ1n) is 14.1. The highest BCUT2D eigenvalue weighted by Gasteiger charge is 2.45. The maximum atomic E-state index is 13.7. The summed E-state index contributed by atoms with van der Waals surface area (Å²) in [6, 6.07) is 11.6. The van der Waals surface area contributed by atoms with Crippen molar-refractivity contribution in [1.82, 2.24) is 14.5 Å². The van der Waals surface area contributed by atoms with Gasteiger partial charge in [0, 0.05) is 12.2 Å². The van der Waals surface area contributed by atoms with E-state index in [-0.39, 0.29) is 29.4 Å². The lowest BCUT2D eigenvalue weighted by molar-refractivity contribution is -0.0609. The quantitative estimate of drug-likeness (QED) is 0.138. The van der Waals surface area contributed by atoms with Crippen molar-refractivity contribution in [2.45, 2.75) is 56.3 Å². The van der Waals surface area contributed by atoms with Gasteiger partial charge in [-0.15, -0.1) is 0 Å². The van der Waals surface area contributed by atoms with Crippen LogP contribution in [0.1, 0.15) is 31.9 Å². The number of aliphatic hydroxyl groups is 2. The van der Waals surface area contributed by atoms with Gasteiger partial charge in [-0.1, -0.05) is 12.8 Å². The first kappa shape index (κ1) is 30.7. The predicted molar refractivity (Wildman–Crippen MR) is 157 cm³/mol. The lowest BCUT2D eigenvalue weighted by Crippen LogP contribution is -2.34. The molecule has 2 fully saturated rings. The summed E-state index contributed by atoms with van der Waals surface area (Å²) in [5.74, 6) is -0.357. The molecule has 4 atom stereocenters. The summed E-state index contributed by atoms with van der Waals surface area (Å²) in [4.78, 5) is 8.70. The summed E-state index contributed by atoms with van der Waals surface area (Å²) in [5.41, 5.74) is 0.410. The highest BCUT2D eigenvalue weighted by molar-refractivity contribution is 7.54.